The summed E-state index contributed by atoms with van der Waals surface area (Å²) in [5.74, 6) is -0.449. The van der Waals surface area contributed by atoms with Gasteiger partial charge in [0.1, 0.15) is 21.9 Å². The monoisotopic (exact) mass is 318 g/mol. The number of sulfone groups is 1. The normalized spacial score (nSPS) is 24.9. The lowest BCUT2D eigenvalue weighted by molar-refractivity contribution is -0.151. The Morgan fingerprint density at radius 1 is 1.29 bits per heavy atom. The summed E-state index contributed by atoms with van der Waals surface area (Å²) in [7, 11) is -3.18. The first-order chi connectivity index (χ1) is 9.71. The lowest BCUT2D eigenvalue weighted by atomic mass is 9.92. The van der Waals surface area contributed by atoms with E-state index in [9.17, 15) is 18.0 Å². The first-order valence-corrected chi connectivity index (χ1v) is 9.55. The van der Waals surface area contributed by atoms with Gasteiger partial charge >= 0.3 is 0 Å². The Balaban J connectivity index is 2.99. The van der Waals surface area contributed by atoms with E-state index in [1.54, 1.807) is 0 Å². The molecule has 3 unspecified atom stereocenters. The molecule has 3 atom stereocenters. The molecular weight excluding hydrogens is 292 g/mol. The fourth-order valence-corrected chi connectivity index (χ4v) is 3.11. The summed E-state index contributed by atoms with van der Waals surface area (Å²) in [6, 6.07) is -1.10. The maximum absolute atomic E-state index is 12.5. The van der Waals surface area contributed by atoms with Gasteiger partial charge in [0.2, 0.25) is 11.8 Å². The Morgan fingerprint density at radius 2 is 1.90 bits per heavy atom. The van der Waals surface area contributed by atoms with Crippen molar-refractivity contribution in [1.29, 1.82) is 0 Å². The molecule has 0 bridgehead atoms. The van der Waals surface area contributed by atoms with Crippen LogP contribution in [0.2, 0.25) is 0 Å². The van der Waals surface area contributed by atoms with Crippen LogP contribution in [-0.4, -0.2) is 55.8 Å². The molecule has 7 heteroatoms. The van der Waals surface area contributed by atoms with E-state index >= 15 is 0 Å². The van der Waals surface area contributed by atoms with Crippen molar-refractivity contribution in [3.05, 3.63) is 0 Å². The van der Waals surface area contributed by atoms with Crippen LogP contribution >= 0.6 is 0 Å². The van der Waals surface area contributed by atoms with Crippen LogP contribution in [0.4, 0.5) is 0 Å². The minimum Gasteiger partial charge on any atom is -0.342 e. The highest BCUT2D eigenvalue weighted by Crippen LogP contribution is 2.21. The molecule has 1 heterocycles. The zero-order valence-electron chi connectivity index (χ0n) is 13.3. The SMILES string of the molecule is CCCC1NC(=O)C(C(C)CC)N(CCS(C)(=O)=O)C1=O. The third kappa shape index (κ3) is 4.69. The van der Waals surface area contributed by atoms with Gasteiger partial charge in [-0.05, 0) is 12.3 Å². The van der Waals surface area contributed by atoms with Gasteiger partial charge in [-0.2, -0.15) is 0 Å². The molecule has 0 saturated carbocycles. The van der Waals surface area contributed by atoms with Crippen molar-refractivity contribution < 1.29 is 18.0 Å². The zero-order valence-corrected chi connectivity index (χ0v) is 14.1. The molecule has 0 spiro atoms. The van der Waals surface area contributed by atoms with Gasteiger partial charge in [-0.25, -0.2) is 8.42 Å². The number of hydrogen-bond acceptors (Lipinski definition) is 4. The third-order valence-electron chi connectivity index (χ3n) is 3.97. The molecule has 122 valence electrons. The fourth-order valence-electron chi connectivity index (χ4n) is 2.58. The van der Waals surface area contributed by atoms with Crippen molar-refractivity contribution in [1.82, 2.24) is 10.2 Å². The second-order valence-electron chi connectivity index (χ2n) is 5.84. The first-order valence-electron chi connectivity index (χ1n) is 7.49. The topological polar surface area (TPSA) is 83.6 Å². The largest absolute Gasteiger partial charge is 0.342 e. The highest BCUT2D eigenvalue weighted by Gasteiger charge is 2.42. The van der Waals surface area contributed by atoms with Gasteiger partial charge in [0, 0.05) is 12.8 Å². The second-order valence-corrected chi connectivity index (χ2v) is 8.10. The smallest absolute Gasteiger partial charge is 0.245 e. The van der Waals surface area contributed by atoms with E-state index in [4.69, 9.17) is 0 Å². The zero-order chi connectivity index (χ0) is 16.2. The summed E-state index contributed by atoms with van der Waals surface area (Å²) >= 11 is 0. The molecule has 1 aliphatic rings. The first kappa shape index (κ1) is 17.9. The maximum atomic E-state index is 12.5. The van der Waals surface area contributed by atoms with E-state index < -0.39 is 21.9 Å². The number of hydrogen-bond donors (Lipinski definition) is 1. The molecule has 2 amide bonds. The van der Waals surface area contributed by atoms with Crippen LogP contribution in [-0.2, 0) is 19.4 Å². The van der Waals surface area contributed by atoms with E-state index in [1.807, 2.05) is 20.8 Å². The highest BCUT2D eigenvalue weighted by atomic mass is 32.2. The van der Waals surface area contributed by atoms with Crippen molar-refractivity contribution in [3.63, 3.8) is 0 Å². The van der Waals surface area contributed by atoms with Crippen LogP contribution in [0.5, 0.6) is 0 Å². The summed E-state index contributed by atoms with van der Waals surface area (Å²) in [5.41, 5.74) is 0. The Labute approximate surface area is 127 Å². The quantitative estimate of drug-likeness (QED) is 0.744. The minimum atomic E-state index is -3.18. The van der Waals surface area contributed by atoms with Gasteiger partial charge in [-0.3, -0.25) is 9.59 Å². The number of nitrogens with one attached hydrogen (secondary N) is 1. The van der Waals surface area contributed by atoms with Crippen LogP contribution in [0.25, 0.3) is 0 Å². The van der Waals surface area contributed by atoms with E-state index in [2.05, 4.69) is 5.32 Å². The third-order valence-corrected chi connectivity index (χ3v) is 4.89. The van der Waals surface area contributed by atoms with Crippen LogP contribution < -0.4 is 5.32 Å². The molecule has 1 rings (SSSR count). The molecule has 21 heavy (non-hydrogen) atoms. The van der Waals surface area contributed by atoms with Crippen LogP contribution in [0.15, 0.2) is 0 Å². The Morgan fingerprint density at radius 3 is 2.38 bits per heavy atom. The van der Waals surface area contributed by atoms with Crippen LogP contribution in [0, 0.1) is 5.92 Å². The highest BCUT2D eigenvalue weighted by molar-refractivity contribution is 7.90. The van der Waals surface area contributed by atoms with Crippen molar-refractivity contribution >= 4 is 21.7 Å². The molecule has 0 radical (unpaired) electrons. The van der Waals surface area contributed by atoms with Crippen molar-refractivity contribution in [2.75, 3.05) is 18.6 Å². The van der Waals surface area contributed by atoms with Crippen molar-refractivity contribution in [3.8, 4) is 0 Å². The second kappa shape index (κ2) is 7.24. The van der Waals surface area contributed by atoms with E-state index in [1.165, 1.54) is 4.90 Å². The standard InChI is InChI=1S/C14H26N2O4S/c1-5-7-11-14(18)16(8-9-21(4,19)20)12(10(3)6-2)13(17)15-11/h10-12H,5-9H2,1-4H3,(H,15,17). The molecule has 0 aliphatic carbocycles. The number of rotatable bonds is 7. The van der Waals surface area contributed by atoms with E-state index in [0.717, 1.165) is 19.1 Å². The molecule has 1 fully saturated rings. The number of amides is 2. The summed E-state index contributed by atoms with van der Waals surface area (Å²) in [4.78, 5) is 26.3. The van der Waals surface area contributed by atoms with Crippen molar-refractivity contribution in [2.45, 2.75) is 52.1 Å². The van der Waals surface area contributed by atoms with Gasteiger partial charge in [0.05, 0.1) is 5.75 Å². The van der Waals surface area contributed by atoms with E-state index in [0.29, 0.717) is 6.42 Å². The summed E-state index contributed by atoms with van der Waals surface area (Å²) in [5, 5.41) is 2.78. The van der Waals surface area contributed by atoms with Crippen molar-refractivity contribution in [2.24, 2.45) is 5.92 Å². The van der Waals surface area contributed by atoms with Gasteiger partial charge < -0.3 is 10.2 Å². The summed E-state index contributed by atoms with van der Waals surface area (Å²) in [6.45, 7) is 5.89. The molecule has 6 nitrogen and oxygen atoms in total. The van der Waals surface area contributed by atoms with Crippen LogP contribution in [0.1, 0.15) is 40.0 Å². The van der Waals surface area contributed by atoms with Gasteiger partial charge in [-0.15, -0.1) is 0 Å². The molecule has 0 aromatic rings. The molecule has 1 N–H and O–H groups in total. The maximum Gasteiger partial charge on any atom is 0.245 e. The average Bonchev–Trinajstić information content (AvgIpc) is 2.39. The number of carbonyl (C=O) groups is 2. The molecule has 0 aromatic heterocycles. The summed E-state index contributed by atoms with van der Waals surface area (Å²) in [6.07, 6.45) is 3.25. The fraction of sp³-hybridized carbons (Fsp3) is 0.857. The van der Waals surface area contributed by atoms with Crippen LogP contribution in [0.3, 0.4) is 0 Å². The number of piperazine rings is 1. The lowest BCUT2D eigenvalue weighted by Crippen LogP contribution is -2.65. The number of nitrogens with zero attached hydrogens (tertiary/aromatic N) is 1. The number of carbonyl (C=O) groups excluding carboxylic acids is 2. The lowest BCUT2D eigenvalue weighted by Gasteiger charge is -2.41. The van der Waals surface area contributed by atoms with Gasteiger partial charge in [0.25, 0.3) is 0 Å². The Bertz CT molecular complexity index is 489. The van der Waals surface area contributed by atoms with Gasteiger partial charge in [-0.1, -0.05) is 33.6 Å². The Kier molecular flexibility index (Phi) is 6.19. The molecule has 0 aromatic carbocycles. The molecular formula is C14H26N2O4S. The minimum absolute atomic E-state index is 0.00362. The van der Waals surface area contributed by atoms with Gasteiger partial charge in [0.15, 0.2) is 0 Å². The summed E-state index contributed by atoms with van der Waals surface area (Å²) < 4.78 is 22.8. The molecule has 1 aliphatic heterocycles. The predicted molar refractivity (Wildman–Crippen MR) is 81.5 cm³/mol. The predicted octanol–water partition coefficient (Wildman–Crippen LogP) is 0.573. The molecule has 1 saturated heterocycles. The average molecular weight is 318 g/mol. The Hall–Kier alpha value is -1.11. The van der Waals surface area contributed by atoms with E-state index in [-0.39, 0.29) is 30.0 Å².